The first kappa shape index (κ1) is 17.1. The van der Waals surface area contributed by atoms with Crippen LogP contribution in [0.4, 0.5) is 23.7 Å². The standard InChI is InChI=1S/C15H17F3N2O3/c16-15(17,18)13(21)23-14(22)20-12-7-3-10(4-8-12)9-1-5-11(19)6-2-9/h1-2,5-6,10,12H,3-4,7-8,19H2,(H,20,22). The van der Waals surface area contributed by atoms with Crippen LogP contribution < -0.4 is 11.1 Å². The molecule has 126 valence electrons. The lowest BCUT2D eigenvalue weighted by atomic mass is 9.82. The molecule has 1 fully saturated rings. The number of anilines is 1. The van der Waals surface area contributed by atoms with Gasteiger partial charge in [0.25, 0.3) is 0 Å². The fourth-order valence-corrected chi connectivity index (χ4v) is 2.68. The molecule has 2 rings (SSSR count). The second-order valence-electron chi connectivity index (χ2n) is 5.53. The highest BCUT2D eigenvalue weighted by atomic mass is 19.4. The van der Waals surface area contributed by atoms with Gasteiger partial charge in [0.1, 0.15) is 0 Å². The third-order valence-corrected chi connectivity index (χ3v) is 3.87. The van der Waals surface area contributed by atoms with Gasteiger partial charge in [-0.15, -0.1) is 0 Å². The monoisotopic (exact) mass is 330 g/mol. The van der Waals surface area contributed by atoms with Gasteiger partial charge in [0.15, 0.2) is 0 Å². The molecule has 0 atom stereocenters. The van der Waals surface area contributed by atoms with Crippen LogP contribution in [0.15, 0.2) is 24.3 Å². The summed E-state index contributed by atoms with van der Waals surface area (Å²) in [5.74, 6) is -2.19. The van der Waals surface area contributed by atoms with Crippen LogP contribution in [0.5, 0.6) is 0 Å². The van der Waals surface area contributed by atoms with Crippen LogP contribution in [0.1, 0.15) is 37.2 Å². The van der Waals surface area contributed by atoms with Gasteiger partial charge in [-0.1, -0.05) is 12.1 Å². The number of rotatable bonds is 2. The zero-order valence-electron chi connectivity index (χ0n) is 12.2. The van der Waals surface area contributed by atoms with E-state index in [1.165, 1.54) is 0 Å². The van der Waals surface area contributed by atoms with Crippen LogP contribution >= 0.6 is 0 Å². The van der Waals surface area contributed by atoms with Crippen molar-refractivity contribution in [2.75, 3.05) is 5.73 Å². The lowest BCUT2D eigenvalue weighted by molar-refractivity contribution is -0.192. The SMILES string of the molecule is Nc1ccc(C2CCC(NC(=O)OC(=O)C(F)(F)F)CC2)cc1. The van der Waals surface area contributed by atoms with Crippen molar-refractivity contribution in [2.45, 2.75) is 43.8 Å². The molecule has 0 radical (unpaired) electrons. The van der Waals surface area contributed by atoms with Crippen molar-refractivity contribution in [2.24, 2.45) is 0 Å². The molecule has 5 nitrogen and oxygen atoms in total. The molecule has 0 unspecified atom stereocenters. The smallest absolute Gasteiger partial charge is 0.399 e. The van der Waals surface area contributed by atoms with Crippen molar-refractivity contribution in [3.8, 4) is 0 Å². The zero-order chi connectivity index (χ0) is 17.0. The molecule has 0 heterocycles. The van der Waals surface area contributed by atoms with Crippen LogP contribution in [-0.4, -0.2) is 24.3 Å². The van der Waals surface area contributed by atoms with Gasteiger partial charge < -0.3 is 15.8 Å². The number of hydrogen-bond acceptors (Lipinski definition) is 4. The number of carbonyl (C=O) groups is 2. The Morgan fingerprint density at radius 3 is 2.17 bits per heavy atom. The number of hydrogen-bond donors (Lipinski definition) is 2. The van der Waals surface area contributed by atoms with E-state index < -0.39 is 18.2 Å². The number of esters is 1. The van der Waals surface area contributed by atoms with Crippen molar-refractivity contribution in [3.63, 3.8) is 0 Å². The zero-order valence-corrected chi connectivity index (χ0v) is 12.2. The number of benzene rings is 1. The van der Waals surface area contributed by atoms with Crippen LogP contribution in [0.2, 0.25) is 0 Å². The van der Waals surface area contributed by atoms with E-state index in [2.05, 4.69) is 10.1 Å². The summed E-state index contributed by atoms with van der Waals surface area (Å²) >= 11 is 0. The van der Waals surface area contributed by atoms with Gasteiger partial charge in [-0.3, -0.25) is 0 Å². The molecule has 1 saturated carbocycles. The molecule has 0 aliphatic heterocycles. The third kappa shape index (κ3) is 4.87. The van der Waals surface area contributed by atoms with Gasteiger partial charge in [-0.25, -0.2) is 9.59 Å². The number of amides is 1. The second kappa shape index (κ2) is 6.89. The number of halogens is 3. The van der Waals surface area contributed by atoms with Crippen LogP contribution in [0, 0.1) is 0 Å². The predicted octanol–water partition coefficient (Wildman–Crippen LogP) is 3.11. The van der Waals surface area contributed by atoms with Crippen LogP contribution in [0.25, 0.3) is 0 Å². The molecular weight excluding hydrogens is 313 g/mol. The Labute approximate surface area is 131 Å². The van der Waals surface area contributed by atoms with Gasteiger partial charge in [0.2, 0.25) is 0 Å². The maximum absolute atomic E-state index is 12.0. The minimum Gasteiger partial charge on any atom is -0.399 e. The molecule has 0 spiro atoms. The molecule has 23 heavy (non-hydrogen) atoms. The van der Waals surface area contributed by atoms with E-state index in [4.69, 9.17) is 5.73 Å². The number of nitrogen functional groups attached to an aromatic ring is 1. The van der Waals surface area contributed by atoms with E-state index in [0.29, 0.717) is 24.4 Å². The third-order valence-electron chi connectivity index (χ3n) is 3.87. The maximum Gasteiger partial charge on any atom is 0.491 e. The first-order valence-electron chi connectivity index (χ1n) is 7.20. The summed E-state index contributed by atoms with van der Waals surface area (Å²) in [4.78, 5) is 21.9. The summed E-state index contributed by atoms with van der Waals surface area (Å²) in [5.41, 5.74) is 7.46. The minimum atomic E-state index is -5.18. The maximum atomic E-state index is 12.0. The van der Waals surface area contributed by atoms with Crippen molar-refractivity contribution >= 4 is 17.7 Å². The van der Waals surface area contributed by atoms with E-state index in [1.54, 1.807) is 0 Å². The molecule has 1 aromatic carbocycles. The quantitative estimate of drug-likeness (QED) is 0.496. The topological polar surface area (TPSA) is 81.4 Å². The number of ether oxygens (including phenoxy) is 1. The summed E-state index contributed by atoms with van der Waals surface area (Å²) in [6.07, 6.45) is -3.77. The van der Waals surface area contributed by atoms with Gasteiger partial charge in [-0.2, -0.15) is 13.2 Å². The van der Waals surface area contributed by atoms with Crippen molar-refractivity contribution in [3.05, 3.63) is 29.8 Å². The molecule has 1 aliphatic carbocycles. The van der Waals surface area contributed by atoms with Crippen molar-refractivity contribution < 1.29 is 27.5 Å². The van der Waals surface area contributed by atoms with Gasteiger partial charge >= 0.3 is 18.2 Å². The number of alkyl halides is 3. The molecular formula is C15H17F3N2O3. The number of nitrogens with two attached hydrogens (primary N) is 1. The van der Waals surface area contributed by atoms with E-state index >= 15 is 0 Å². The molecule has 1 aliphatic rings. The van der Waals surface area contributed by atoms with Crippen LogP contribution in [0.3, 0.4) is 0 Å². The Morgan fingerprint density at radius 1 is 1.09 bits per heavy atom. The second-order valence-corrected chi connectivity index (χ2v) is 5.53. The van der Waals surface area contributed by atoms with Crippen molar-refractivity contribution in [1.82, 2.24) is 5.32 Å². The molecule has 0 aromatic heterocycles. The average Bonchev–Trinajstić information content (AvgIpc) is 2.48. The number of nitrogens with one attached hydrogen (secondary N) is 1. The van der Waals surface area contributed by atoms with Gasteiger partial charge in [0.05, 0.1) is 0 Å². The summed E-state index contributed by atoms with van der Waals surface area (Å²) in [6.45, 7) is 0. The lowest BCUT2D eigenvalue weighted by Gasteiger charge is -2.29. The average molecular weight is 330 g/mol. The predicted molar refractivity (Wildman–Crippen MR) is 76.5 cm³/mol. The lowest BCUT2D eigenvalue weighted by Crippen LogP contribution is -2.40. The molecule has 1 amide bonds. The first-order chi connectivity index (χ1) is 10.8. The molecule has 3 N–H and O–H groups in total. The van der Waals surface area contributed by atoms with E-state index in [1.807, 2.05) is 24.3 Å². The Morgan fingerprint density at radius 2 is 1.65 bits per heavy atom. The highest BCUT2D eigenvalue weighted by molar-refractivity contribution is 5.87. The minimum absolute atomic E-state index is 0.298. The molecule has 8 heteroatoms. The summed E-state index contributed by atoms with van der Waals surface area (Å²) < 4.78 is 39.7. The number of carbonyl (C=O) groups excluding carboxylic acids is 2. The summed E-state index contributed by atoms with van der Waals surface area (Å²) in [5, 5.41) is 2.30. The van der Waals surface area contributed by atoms with E-state index in [-0.39, 0.29) is 6.04 Å². The highest BCUT2D eigenvalue weighted by Gasteiger charge is 2.42. The molecule has 1 aromatic rings. The fraction of sp³-hybridized carbons (Fsp3) is 0.467. The number of alkyl carbamates (subject to hydrolysis) is 1. The van der Waals surface area contributed by atoms with E-state index in [0.717, 1.165) is 18.4 Å². The fourth-order valence-electron chi connectivity index (χ4n) is 2.68. The summed E-state index contributed by atoms with van der Waals surface area (Å²) in [7, 11) is 0. The molecule has 0 saturated heterocycles. The Balaban J connectivity index is 1.79. The highest BCUT2D eigenvalue weighted by Crippen LogP contribution is 2.33. The Hall–Kier alpha value is -2.25. The summed E-state index contributed by atoms with van der Waals surface area (Å²) in [6, 6.07) is 7.24. The molecule has 0 bridgehead atoms. The normalized spacial score (nSPS) is 21.5. The van der Waals surface area contributed by atoms with Crippen molar-refractivity contribution in [1.29, 1.82) is 0 Å². The van der Waals surface area contributed by atoms with Crippen LogP contribution in [-0.2, 0) is 9.53 Å². The largest absolute Gasteiger partial charge is 0.491 e. The van der Waals surface area contributed by atoms with E-state index in [9.17, 15) is 22.8 Å². The Bertz CT molecular complexity index is 564. The first-order valence-corrected chi connectivity index (χ1v) is 7.20. The van der Waals surface area contributed by atoms with Gasteiger partial charge in [0, 0.05) is 11.7 Å². The van der Waals surface area contributed by atoms with Gasteiger partial charge in [-0.05, 0) is 49.3 Å². The Kier molecular flexibility index (Phi) is 5.12.